The first-order valence-corrected chi connectivity index (χ1v) is 11.1. The number of aromatic nitrogens is 5. The summed E-state index contributed by atoms with van der Waals surface area (Å²) in [6.45, 7) is 4.31. The lowest BCUT2D eigenvalue weighted by Gasteiger charge is -2.17. The Morgan fingerprint density at radius 1 is 1.33 bits per heavy atom. The van der Waals surface area contributed by atoms with Gasteiger partial charge in [0.15, 0.2) is 5.16 Å². The Kier molecular flexibility index (Phi) is 4.05. The molecule has 0 saturated heterocycles. The van der Waals surface area contributed by atoms with Gasteiger partial charge in [-0.1, -0.05) is 18.7 Å². The first kappa shape index (κ1) is 17.2. The van der Waals surface area contributed by atoms with E-state index in [0.717, 1.165) is 47.5 Å². The molecule has 0 amide bonds. The van der Waals surface area contributed by atoms with Crippen LogP contribution in [0.25, 0.3) is 10.2 Å². The van der Waals surface area contributed by atoms with Crippen LogP contribution >= 0.6 is 23.1 Å². The Morgan fingerprint density at radius 2 is 2.15 bits per heavy atom. The zero-order valence-corrected chi connectivity index (χ0v) is 17.0. The third kappa shape index (κ3) is 2.97. The summed E-state index contributed by atoms with van der Waals surface area (Å²) in [5.74, 6) is 1.83. The monoisotopic (exact) mass is 402 g/mol. The lowest BCUT2D eigenvalue weighted by Crippen LogP contribution is -2.15. The van der Waals surface area contributed by atoms with Crippen LogP contribution in [0.4, 0.5) is 5.95 Å². The maximum Gasteiger partial charge on any atom is 0.259 e. The fourth-order valence-electron chi connectivity index (χ4n) is 3.82. The highest BCUT2D eigenvalue weighted by molar-refractivity contribution is 7.99. The van der Waals surface area contributed by atoms with Gasteiger partial charge in [-0.25, -0.2) is 4.98 Å². The average molecular weight is 403 g/mol. The minimum atomic E-state index is -0.0405. The molecule has 27 heavy (non-hydrogen) atoms. The summed E-state index contributed by atoms with van der Waals surface area (Å²) in [6.07, 6.45) is 5.41. The van der Waals surface area contributed by atoms with Crippen LogP contribution in [0.3, 0.4) is 0 Å². The number of hydrogen-bond donors (Lipinski definition) is 2. The van der Waals surface area contributed by atoms with Crippen molar-refractivity contribution in [2.45, 2.75) is 62.4 Å². The van der Waals surface area contributed by atoms with Gasteiger partial charge in [-0.3, -0.25) is 9.36 Å². The van der Waals surface area contributed by atoms with Crippen molar-refractivity contribution in [2.24, 2.45) is 5.92 Å². The molecule has 2 aliphatic rings. The molecule has 3 aromatic rings. The smallest absolute Gasteiger partial charge is 0.259 e. The number of nitrogens with one attached hydrogen (secondary N) is 1. The van der Waals surface area contributed by atoms with Gasteiger partial charge in [0, 0.05) is 10.9 Å². The van der Waals surface area contributed by atoms with E-state index in [-0.39, 0.29) is 10.8 Å². The van der Waals surface area contributed by atoms with E-state index < -0.39 is 0 Å². The molecule has 2 unspecified atom stereocenters. The second-order valence-electron chi connectivity index (χ2n) is 7.69. The fourth-order valence-corrected chi connectivity index (χ4v) is 6.19. The molecule has 1 saturated carbocycles. The zero-order chi connectivity index (χ0) is 18.7. The van der Waals surface area contributed by atoms with E-state index in [0.29, 0.717) is 23.7 Å². The molecule has 2 aliphatic carbocycles. The van der Waals surface area contributed by atoms with Crippen LogP contribution in [-0.2, 0) is 12.8 Å². The number of thiophene rings is 1. The quantitative estimate of drug-likeness (QED) is 0.648. The van der Waals surface area contributed by atoms with Crippen molar-refractivity contribution < 1.29 is 0 Å². The van der Waals surface area contributed by atoms with Crippen molar-refractivity contribution in [3.05, 3.63) is 26.6 Å². The number of H-pyrrole nitrogens is 1. The Bertz CT molecular complexity index is 1080. The van der Waals surface area contributed by atoms with E-state index in [2.05, 4.69) is 22.1 Å². The molecule has 0 bridgehead atoms. The average Bonchev–Trinajstić information content (AvgIpc) is 3.29. The topological polar surface area (TPSA) is 102 Å². The van der Waals surface area contributed by atoms with Crippen LogP contribution in [0.5, 0.6) is 0 Å². The summed E-state index contributed by atoms with van der Waals surface area (Å²) < 4.78 is 2.00. The largest absolute Gasteiger partial charge is 0.368 e. The van der Waals surface area contributed by atoms with Crippen LogP contribution in [0, 0.1) is 5.92 Å². The molecule has 7 nitrogen and oxygen atoms in total. The highest BCUT2D eigenvalue weighted by atomic mass is 32.2. The summed E-state index contributed by atoms with van der Waals surface area (Å²) in [4.78, 5) is 22.8. The highest BCUT2D eigenvalue weighted by Crippen LogP contribution is 2.42. The van der Waals surface area contributed by atoms with Gasteiger partial charge in [0.25, 0.3) is 5.56 Å². The van der Waals surface area contributed by atoms with Gasteiger partial charge >= 0.3 is 0 Å². The summed E-state index contributed by atoms with van der Waals surface area (Å²) >= 11 is 3.23. The van der Waals surface area contributed by atoms with Crippen LogP contribution in [0.1, 0.15) is 60.7 Å². The molecule has 3 N–H and O–H groups in total. The molecule has 9 heteroatoms. The van der Waals surface area contributed by atoms with Gasteiger partial charge < -0.3 is 10.7 Å². The number of thioether (sulfide) groups is 1. The van der Waals surface area contributed by atoms with Crippen molar-refractivity contribution in [3.8, 4) is 0 Å². The molecular weight excluding hydrogens is 380 g/mol. The number of aryl methyl sites for hydroxylation is 1. The van der Waals surface area contributed by atoms with Gasteiger partial charge in [-0.05, 0) is 50.5 Å². The third-order valence-corrected chi connectivity index (χ3v) is 7.67. The minimum absolute atomic E-state index is 0.0160. The van der Waals surface area contributed by atoms with Gasteiger partial charge in [0.1, 0.15) is 10.7 Å². The van der Waals surface area contributed by atoms with E-state index in [1.165, 1.54) is 10.4 Å². The van der Waals surface area contributed by atoms with Crippen molar-refractivity contribution >= 4 is 39.3 Å². The van der Waals surface area contributed by atoms with E-state index in [1.54, 1.807) is 23.1 Å². The van der Waals surface area contributed by atoms with Crippen LogP contribution < -0.4 is 11.3 Å². The number of anilines is 1. The Labute approximate surface area is 164 Å². The molecule has 142 valence electrons. The van der Waals surface area contributed by atoms with Gasteiger partial charge in [0.05, 0.1) is 10.6 Å². The normalized spacial score (nSPS) is 20.7. The summed E-state index contributed by atoms with van der Waals surface area (Å²) in [7, 11) is 0. The SMILES string of the molecule is CC1CCc2c(sc3nc(C(C)Sc4nnc(N)n4C4CC4)[nH]c(=O)c23)C1. The highest BCUT2D eigenvalue weighted by Gasteiger charge is 2.30. The third-order valence-electron chi connectivity index (χ3n) is 5.45. The van der Waals surface area contributed by atoms with Crippen LogP contribution in [-0.4, -0.2) is 24.7 Å². The van der Waals surface area contributed by atoms with Gasteiger partial charge in [0.2, 0.25) is 5.95 Å². The first-order valence-electron chi connectivity index (χ1n) is 9.42. The Morgan fingerprint density at radius 3 is 2.93 bits per heavy atom. The van der Waals surface area contributed by atoms with Crippen molar-refractivity contribution in [3.63, 3.8) is 0 Å². The number of hydrogen-bond acceptors (Lipinski definition) is 7. The molecule has 2 atom stereocenters. The van der Waals surface area contributed by atoms with E-state index >= 15 is 0 Å². The molecule has 5 rings (SSSR count). The summed E-state index contributed by atoms with van der Waals surface area (Å²) in [5, 5.41) is 9.80. The standard InChI is InChI=1S/C18H22N6OS2/c1-8-3-6-11-12(7-8)27-16-13(11)15(25)20-14(21-16)9(2)26-18-23-22-17(19)24(18)10-4-5-10/h8-10H,3-7H2,1-2H3,(H2,19,22)(H,20,21,25). The maximum atomic E-state index is 12.8. The molecule has 0 spiro atoms. The lowest BCUT2D eigenvalue weighted by molar-refractivity contribution is 0.509. The molecule has 0 aromatic carbocycles. The number of rotatable bonds is 4. The van der Waals surface area contributed by atoms with Gasteiger partial charge in [-0.15, -0.1) is 21.5 Å². The number of aromatic amines is 1. The van der Waals surface area contributed by atoms with Crippen LogP contribution in [0.2, 0.25) is 0 Å². The molecule has 3 heterocycles. The van der Waals surface area contributed by atoms with Crippen molar-refractivity contribution in [1.82, 2.24) is 24.7 Å². The van der Waals surface area contributed by atoms with Gasteiger partial charge in [-0.2, -0.15) is 0 Å². The Balaban J connectivity index is 1.49. The van der Waals surface area contributed by atoms with Crippen LogP contribution in [0.15, 0.2) is 9.95 Å². The molecular formula is C18H22N6OS2. The van der Waals surface area contributed by atoms with E-state index in [4.69, 9.17) is 10.7 Å². The Hall–Kier alpha value is -1.87. The number of nitrogens with two attached hydrogens (primary N) is 1. The molecule has 3 aromatic heterocycles. The molecule has 0 aliphatic heterocycles. The number of nitrogen functional groups attached to an aromatic ring is 1. The summed E-state index contributed by atoms with van der Waals surface area (Å²) in [5.41, 5.74) is 7.17. The van der Waals surface area contributed by atoms with Crippen molar-refractivity contribution in [2.75, 3.05) is 5.73 Å². The predicted octanol–water partition coefficient (Wildman–Crippen LogP) is 3.47. The molecule has 1 fully saturated rings. The number of nitrogens with zero attached hydrogens (tertiary/aromatic N) is 4. The minimum Gasteiger partial charge on any atom is -0.368 e. The zero-order valence-electron chi connectivity index (χ0n) is 15.4. The second kappa shape index (κ2) is 6.34. The maximum absolute atomic E-state index is 12.8. The number of fused-ring (bicyclic) bond motifs is 3. The predicted molar refractivity (Wildman–Crippen MR) is 108 cm³/mol. The molecule has 0 radical (unpaired) electrons. The van der Waals surface area contributed by atoms with E-state index in [1.807, 2.05) is 11.5 Å². The van der Waals surface area contributed by atoms with Crippen molar-refractivity contribution in [1.29, 1.82) is 0 Å². The lowest BCUT2D eigenvalue weighted by atomic mass is 9.89. The second-order valence-corrected chi connectivity index (χ2v) is 10.1. The first-order chi connectivity index (χ1) is 13.0. The fraction of sp³-hybridized carbons (Fsp3) is 0.556. The van der Waals surface area contributed by atoms with E-state index in [9.17, 15) is 4.79 Å². The summed E-state index contributed by atoms with van der Waals surface area (Å²) in [6, 6.07) is 0.412.